The normalized spacial score (nSPS) is 22.9. The molecule has 0 bridgehead atoms. The van der Waals surface area contributed by atoms with Crippen LogP contribution in [0.25, 0.3) is 0 Å². The molecular formula is C23H36N4O. The van der Waals surface area contributed by atoms with Crippen LogP contribution in [0.15, 0.2) is 24.3 Å². The Morgan fingerprint density at radius 2 is 1.57 bits per heavy atom. The molecule has 3 aliphatic rings. The van der Waals surface area contributed by atoms with Crippen molar-refractivity contribution >= 4 is 6.03 Å². The summed E-state index contributed by atoms with van der Waals surface area (Å²) in [6.45, 7) is 8.68. The number of carbonyl (C=O) groups is 1. The minimum atomic E-state index is -0.0311. The van der Waals surface area contributed by atoms with E-state index in [-0.39, 0.29) is 6.03 Å². The van der Waals surface area contributed by atoms with Crippen LogP contribution in [-0.4, -0.2) is 54.1 Å². The second-order valence-electron chi connectivity index (χ2n) is 9.14. The highest BCUT2D eigenvalue weighted by molar-refractivity contribution is 5.74. The van der Waals surface area contributed by atoms with Gasteiger partial charge >= 0.3 is 6.03 Å². The summed E-state index contributed by atoms with van der Waals surface area (Å²) >= 11 is 0. The Morgan fingerprint density at radius 3 is 2.21 bits per heavy atom. The lowest BCUT2D eigenvalue weighted by Crippen LogP contribution is -2.48. The smallest absolute Gasteiger partial charge is 0.315 e. The fourth-order valence-electron chi connectivity index (χ4n) is 4.51. The number of nitrogens with zero attached hydrogens (tertiary/aromatic N) is 2. The van der Waals surface area contributed by atoms with E-state index in [1.54, 1.807) is 0 Å². The summed E-state index contributed by atoms with van der Waals surface area (Å²) in [6, 6.07) is 9.85. The first-order valence-electron chi connectivity index (χ1n) is 11.2. The molecule has 2 N–H and O–H groups in total. The van der Waals surface area contributed by atoms with Crippen molar-refractivity contribution in [3.05, 3.63) is 35.4 Å². The van der Waals surface area contributed by atoms with Gasteiger partial charge in [0, 0.05) is 38.3 Å². The summed E-state index contributed by atoms with van der Waals surface area (Å²) in [4.78, 5) is 17.4. The zero-order valence-electron chi connectivity index (χ0n) is 17.3. The maximum Gasteiger partial charge on any atom is 0.315 e. The second kappa shape index (κ2) is 9.27. The first kappa shape index (κ1) is 19.7. The Bertz CT molecular complexity index is 627. The Labute approximate surface area is 169 Å². The van der Waals surface area contributed by atoms with E-state index in [0.717, 1.165) is 50.0 Å². The van der Waals surface area contributed by atoms with Gasteiger partial charge in [-0.25, -0.2) is 4.79 Å². The van der Waals surface area contributed by atoms with E-state index in [0.29, 0.717) is 12.6 Å². The van der Waals surface area contributed by atoms with Crippen molar-refractivity contribution in [2.45, 2.75) is 70.6 Å². The first-order valence-corrected chi connectivity index (χ1v) is 11.2. The van der Waals surface area contributed by atoms with Gasteiger partial charge in [-0.3, -0.25) is 4.90 Å². The number of nitrogens with one attached hydrogen (secondary N) is 2. The van der Waals surface area contributed by atoms with Gasteiger partial charge in [0.1, 0.15) is 0 Å². The Morgan fingerprint density at radius 1 is 0.929 bits per heavy atom. The highest BCUT2D eigenvalue weighted by Crippen LogP contribution is 2.29. The molecule has 28 heavy (non-hydrogen) atoms. The average Bonchev–Trinajstić information content (AvgIpc) is 3.55. The van der Waals surface area contributed by atoms with Crippen molar-refractivity contribution in [2.24, 2.45) is 5.92 Å². The number of hydrogen-bond acceptors (Lipinski definition) is 3. The molecule has 1 aromatic rings. The van der Waals surface area contributed by atoms with Crippen molar-refractivity contribution < 1.29 is 4.79 Å². The molecule has 1 aromatic carbocycles. The monoisotopic (exact) mass is 384 g/mol. The number of hydrogen-bond donors (Lipinski definition) is 2. The lowest BCUT2D eigenvalue weighted by Gasteiger charge is -2.32. The van der Waals surface area contributed by atoms with Crippen LogP contribution in [-0.2, 0) is 13.1 Å². The molecule has 0 unspecified atom stereocenters. The summed E-state index contributed by atoms with van der Waals surface area (Å²) < 4.78 is 0. The molecule has 2 saturated heterocycles. The lowest BCUT2D eigenvalue weighted by atomic mass is 9.99. The minimum Gasteiger partial charge on any atom is -0.335 e. The third-order valence-electron chi connectivity index (χ3n) is 6.69. The summed E-state index contributed by atoms with van der Waals surface area (Å²) in [7, 11) is 0. The third-order valence-corrected chi connectivity index (χ3v) is 6.69. The molecule has 5 nitrogen and oxygen atoms in total. The van der Waals surface area contributed by atoms with Crippen LogP contribution in [0.4, 0.5) is 4.79 Å². The van der Waals surface area contributed by atoms with Crippen LogP contribution in [0.3, 0.4) is 0 Å². The van der Waals surface area contributed by atoms with Crippen LogP contribution in [0, 0.1) is 5.92 Å². The van der Waals surface area contributed by atoms with Crippen LogP contribution in [0.1, 0.15) is 56.6 Å². The Hall–Kier alpha value is -1.59. The van der Waals surface area contributed by atoms with Crippen molar-refractivity contribution in [1.29, 1.82) is 0 Å². The molecule has 1 aliphatic carbocycles. The van der Waals surface area contributed by atoms with E-state index < -0.39 is 0 Å². The van der Waals surface area contributed by atoms with Gasteiger partial charge < -0.3 is 15.5 Å². The molecule has 0 aromatic heterocycles. The molecule has 0 atom stereocenters. The molecule has 4 rings (SSSR count). The largest absolute Gasteiger partial charge is 0.335 e. The maximum atomic E-state index is 12.2. The van der Waals surface area contributed by atoms with E-state index in [1.807, 2.05) is 0 Å². The number of amides is 2. The molecule has 154 valence electrons. The van der Waals surface area contributed by atoms with E-state index in [9.17, 15) is 4.79 Å². The summed E-state index contributed by atoms with van der Waals surface area (Å²) in [5.74, 6) is 0.876. The second-order valence-corrected chi connectivity index (χ2v) is 9.14. The van der Waals surface area contributed by atoms with Crippen LogP contribution < -0.4 is 10.6 Å². The third kappa shape index (κ3) is 5.71. The van der Waals surface area contributed by atoms with E-state index in [1.165, 1.54) is 44.3 Å². The molecule has 1 saturated carbocycles. The molecule has 0 radical (unpaired) electrons. The van der Waals surface area contributed by atoms with Crippen molar-refractivity contribution in [2.75, 3.05) is 26.2 Å². The summed E-state index contributed by atoms with van der Waals surface area (Å²) in [5.41, 5.74) is 2.53. The lowest BCUT2D eigenvalue weighted by molar-refractivity contribution is 0.185. The standard InChI is InChI=1S/C23H36N4O/c1-18-8-12-26(13-9-18)17-20-4-2-19(3-5-20)16-24-23(28)25-21-10-14-27(15-11-21)22-6-7-22/h2-5,18,21-22H,6-17H2,1H3,(H2,24,25,28). The number of rotatable bonds is 6. The first-order chi connectivity index (χ1) is 13.7. The average molecular weight is 385 g/mol. The van der Waals surface area contributed by atoms with Gasteiger partial charge in [-0.1, -0.05) is 31.2 Å². The van der Waals surface area contributed by atoms with Gasteiger partial charge in [0.05, 0.1) is 0 Å². The highest BCUT2D eigenvalue weighted by Gasteiger charge is 2.32. The van der Waals surface area contributed by atoms with Gasteiger partial charge in [-0.05, 0) is 68.7 Å². The molecular weight excluding hydrogens is 348 g/mol. The van der Waals surface area contributed by atoms with E-state index in [2.05, 4.69) is 51.6 Å². The van der Waals surface area contributed by atoms with Gasteiger partial charge in [-0.2, -0.15) is 0 Å². The molecule has 0 spiro atoms. The topological polar surface area (TPSA) is 47.6 Å². The minimum absolute atomic E-state index is 0.0311. The molecule has 2 amide bonds. The van der Waals surface area contributed by atoms with Crippen LogP contribution >= 0.6 is 0 Å². The van der Waals surface area contributed by atoms with Crippen molar-refractivity contribution in [3.8, 4) is 0 Å². The number of urea groups is 1. The van der Waals surface area contributed by atoms with E-state index in [4.69, 9.17) is 0 Å². The predicted molar refractivity (Wildman–Crippen MR) is 113 cm³/mol. The SMILES string of the molecule is CC1CCN(Cc2ccc(CNC(=O)NC3CCN(C4CC4)CC3)cc2)CC1. The van der Waals surface area contributed by atoms with Crippen molar-refractivity contribution in [1.82, 2.24) is 20.4 Å². The maximum absolute atomic E-state index is 12.2. The molecule has 2 heterocycles. The fraction of sp³-hybridized carbons (Fsp3) is 0.696. The molecule has 3 fully saturated rings. The molecule has 2 aliphatic heterocycles. The van der Waals surface area contributed by atoms with Gasteiger partial charge in [-0.15, -0.1) is 0 Å². The number of carbonyl (C=O) groups excluding carboxylic acids is 1. The Kier molecular flexibility index (Phi) is 6.53. The van der Waals surface area contributed by atoms with Crippen LogP contribution in [0.2, 0.25) is 0 Å². The zero-order valence-corrected chi connectivity index (χ0v) is 17.3. The quantitative estimate of drug-likeness (QED) is 0.791. The highest BCUT2D eigenvalue weighted by atomic mass is 16.2. The summed E-state index contributed by atoms with van der Waals surface area (Å²) in [5, 5.41) is 6.18. The van der Waals surface area contributed by atoms with Gasteiger partial charge in [0.15, 0.2) is 0 Å². The number of likely N-dealkylation sites (tertiary alicyclic amines) is 2. The fourth-order valence-corrected chi connectivity index (χ4v) is 4.51. The summed E-state index contributed by atoms with van der Waals surface area (Å²) in [6.07, 6.45) is 7.53. The van der Waals surface area contributed by atoms with Crippen molar-refractivity contribution in [3.63, 3.8) is 0 Å². The predicted octanol–water partition coefficient (Wildman–Crippen LogP) is 3.34. The Balaban J connectivity index is 1.15. The van der Waals surface area contributed by atoms with Gasteiger partial charge in [0.2, 0.25) is 0 Å². The van der Waals surface area contributed by atoms with E-state index >= 15 is 0 Å². The zero-order chi connectivity index (χ0) is 19.3. The number of piperidine rings is 2. The van der Waals surface area contributed by atoms with Gasteiger partial charge in [0.25, 0.3) is 0 Å². The van der Waals surface area contributed by atoms with Crippen LogP contribution in [0.5, 0.6) is 0 Å². The number of benzene rings is 1. The molecule has 5 heteroatoms.